The van der Waals surface area contributed by atoms with Gasteiger partial charge in [0.05, 0.1) is 12.8 Å². The first-order chi connectivity index (χ1) is 6.41. The molecule has 1 heterocycles. The van der Waals surface area contributed by atoms with Crippen LogP contribution in [0, 0.1) is 10.1 Å². The van der Waals surface area contributed by atoms with Crippen molar-refractivity contribution in [3.8, 4) is 0 Å². The molecule has 7 heteroatoms. The average Bonchev–Trinajstić information content (AvgIpc) is 2.32. The fraction of sp³-hybridized carbons (Fsp3) is 0.714. The minimum absolute atomic E-state index is 0.240. The first-order valence-electron chi connectivity index (χ1n) is 4.05. The van der Waals surface area contributed by atoms with E-state index in [2.05, 4.69) is 9.80 Å². The lowest BCUT2D eigenvalue weighted by atomic mass is 10.4. The van der Waals surface area contributed by atoms with E-state index in [4.69, 9.17) is 20.4 Å². The Kier molecular flexibility index (Phi) is 5.38. The van der Waals surface area contributed by atoms with Crippen LogP contribution in [-0.2, 0) is 0 Å². The Hall–Kier alpha value is -1.50. The van der Waals surface area contributed by atoms with Crippen LogP contribution in [0.1, 0.15) is 6.92 Å². The molecular formula is C7H15N3O4. The van der Waals surface area contributed by atoms with E-state index in [-0.39, 0.29) is 6.10 Å². The van der Waals surface area contributed by atoms with Gasteiger partial charge >= 0.3 is 0 Å². The van der Waals surface area contributed by atoms with E-state index in [0.717, 1.165) is 13.2 Å². The van der Waals surface area contributed by atoms with E-state index in [1.165, 1.54) is 0 Å². The smallest absolute Gasteiger partial charge is 0.291 e. The van der Waals surface area contributed by atoms with Crippen molar-refractivity contribution in [2.24, 2.45) is 0 Å². The van der Waals surface area contributed by atoms with Gasteiger partial charge in [-0.2, -0.15) is 0 Å². The summed E-state index contributed by atoms with van der Waals surface area (Å²) in [6.45, 7) is 3.41. The lowest BCUT2D eigenvalue weighted by molar-refractivity contribution is -0.742. The second-order valence-electron chi connectivity index (χ2n) is 3.05. The predicted octanol–water partition coefficient (Wildman–Crippen LogP) is -0.304. The van der Waals surface area contributed by atoms with Gasteiger partial charge in [0.2, 0.25) is 0 Å². The van der Waals surface area contributed by atoms with Crippen LogP contribution in [0.2, 0.25) is 0 Å². The second kappa shape index (κ2) is 6.03. The number of β-amino-alcohol motifs (C(OH)–C–C–N with tert-alkyl or cyclic N) is 1. The van der Waals surface area contributed by atoms with Crippen molar-refractivity contribution in [2.45, 2.75) is 13.0 Å². The van der Waals surface area contributed by atoms with Crippen molar-refractivity contribution in [2.75, 3.05) is 20.3 Å². The first kappa shape index (κ1) is 12.5. The third-order valence-corrected chi connectivity index (χ3v) is 1.44. The summed E-state index contributed by atoms with van der Waals surface area (Å²) in [4.78, 5) is 12.5. The van der Waals surface area contributed by atoms with Crippen LogP contribution in [0.4, 0.5) is 0 Å². The molecule has 0 aromatic rings. The number of aliphatic hydroxyl groups is 1. The number of rotatable bonds is 2. The SMILES string of the molecule is CC(O)CN1C=CN(C)C1.O=[N+]([O-])O. The Bertz CT molecular complexity index is 203. The van der Waals surface area contributed by atoms with Crippen LogP contribution < -0.4 is 0 Å². The normalized spacial score (nSPS) is 16.2. The third-order valence-electron chi connectivity index (χ3n) is 1.44. The molecule has 1 atom stereocenters. The summed E-state index contributed by atoms with van der Waals surface area (Å²) in [6, 6.07) is 0. The Balaban J connectivity index is 0.000000364. The minimum Gasteiger partial charge on any atom is -0.392 e. The van der Waals surface area contributed by atoms with Crippen LogP contribution in [0.3, 0.4) is 0 Å². The largest absolute Gasteiger partial charge is 0.392 e. The second-order valence-corrected chi connectivity index (χ2v) is 3.05. The van der Waals surface area contributed by atoms with Crippen molar-refractivity contribution >= 4 is 0 Å². The molecule has 0 saturated heterocycles. The highest BCUT2D eigenvalue weighted by Gasteiger charge is 2.09. The highest BCUT2D eigenvalue weighted by molar-refractivity contribution is 4.88. The zero-order valence-electron chi connectivity index (χ0n) is 8.20. The molecule has 1 rings (SSSR count). The summed E-state index contributed by atoms with van der Waals surface area (Å²) >= 11 is 0. The van der Waals surface area contributed by atoms with Gasteiger partial charge in [0.25, 0.3) is 5.09 Å². The lowest BCUT2D eigenvalue weighted by Gasteiger charge is -2.19. The van der Waals surface area contributed by atoms with Gasteiger partial charge in [-0.1, -0.05) is 0 Å². The Morgan fingerprint density at radius 3 is 2.43 bits per heavy atom. The van der Waals surface area contributed by atoms with Crippen molar-refractivity contribution in [1.29, 1.82) is 0 Å². The van der Waals surface area contributed by atoms with Gasteiger partial charge in [-0.25, -0.2) is 0 Å². The number of hydrogen-bond donors (Lipinski definition) is 2. The predicted molar refractivity (Wildman–Crippen MR) is 48.9 cm³/mol. The summed E-state index contributed by atoms with van der Waals surface area (Å²) in [5.41, 5.74) is 0. The fourth-order valence-electron chi connectivity index (χ4n) is 1.05. The van der Waals surface area contributed by atoms with Gasteiger partial charge in [0.15, 0.2) is 0 Å². The van der Waals surface area contributed by atoms with E-state index >= 15 is 0 Å². The van der Waals surface area contributed by atoms with Crippen LogP contribution in [0.5, 0.6) is 0 Å². The van der Waals surface area contributed by atoms with E-state index in [1.807, 2.05) is 19.4 Å². The molecular weight excluding hydrogens is 190 g/mol. The number of aliphatic hydroxyl groups excluding tert-OH is 1. The fourth-order valence-corrected chi connectivity index (χ4v) is 1.05. The monoisotopic (exact) mass is 205 g/mol. The average molecular weight is 205 g/mol. The van der Waals surface area contributed by atoms with Crippen molar-refractivity contribution in [1.82, 2.24) is 9.80 Å². The quantitative estimate of drug-likeness (QED) is 0.475. The van der Waals surface area contributed by atoms with Crippen LogP contribution in [-0.4, -0.2) is 51.6 Å². The standard InChI is InChI=1S/C7H14N2O.HNO3/c1-7(10)5-9-4-3-8(2)6-9;2-1(3)4/h3-4,7,10H,5-6H2,1-2H3;(H,2,3,4). The molecule has 0 radical (unpaired) electrons. The molecule has 1 unspecified atom stereocenters. The van der Waals surface area contributed by atoms with Crippen molar-refractivity contribution in [3.63, 3.8) is 0 Å². The third kappa shape index (κ3) is 7.17. The molecule has 1 aliphatic heterocycles. The van der Waals surface area contributed by atoms with Gasteiger partial charge < -0.3 is 20.1 Å². The molecule has 0 aromatic carbocycles. The molecule has 82 valence electrons. The zero-order valence-corrected chi connectivity index (χ0v) is 8.20. The summed E-state index contributed by atoms with van der Waals surface area (Å²) in [7, 11) is 2.01. The van der Waals surface area contributed by atoms with Crippen LogP contribution >= 0.6 is 0 Å². The summed E-state index contributed by atoms with van der Waals surface area (Å²) in [5.74, 6) is 0. The highest BCUT2D eigenvalue weighted by Crippen LogP contribution is 2.03. The molecule has 14 heavy (non-hydrogen) atoms. The molecule has 7 nitrogen and oxygen atoms in total. The zero-order chi connectivity index (χ0) is 11.1. The Morgan fingerprint density at radius 1 is 1.64 bits per heavy atom. The Morgan fingerprint density at radius 2 is 2.14 bits per heavy atom. The molecule has 2 N–H and O–H groups in total. The number of hydrogen-bond acceptors (Lipinski definition) is 5. The molecule has 0 aliphatic carbocycles. The van der Waals surface area contributed by atoms with E-state index in [0.29, 0.717) is 0 Å². The highest BCUT2D eigenvalue weighted by atomic mass is 16.9. The maximum atomic E-state index is 9.00. The Labute approximate surface area is 82.0 Å². The number of nitrogens with zero attached hydrogens (tertiary/aromatic N) is 3. The van der Waals surface area contributed by atoms with E-state index in [9.17, 15) is 0 Å². The minimum atomic E-state index is -1.50. The van der Waals surface area contributed by atoms with Gasteiger partial charge in [0.1, 0.15) is 0 Å². The van der Waals surface area contributed by atoms with Gasteiger partial charge in [-0.05, 0) is 6.92 Å². The van der Waals surface area contributed by atoms with E-state index < -0.39 is 5.09 Å². The first-order valence-corrected chi connectivity index (χ1v) is 4.05. The van der Waals surface area contributed by atoms with Crippen LogP contribution in [0.15, 0.2) is 12.4 Å². The molecule has 0 aromatic heterocycles. The topological polar surface area (TPSA) is 90.1 Å². The molecule has 0 fully saturated rings. The van der Waals surface area contributed by atoms with Crippen molar-refractivity contribution in [3.05, 3.63) is 22.5 Å². The summed E-state index contributed by atoms with van der Waals surface area (Å²) < 4.78 is 0. The molecule has 0 amide bonds. The lowest BCUT2D eigenvalue weighted by Crippen LogP contribution is -2.28. The van der Waals surface area contributed by atoms with Crippen LogP contribution in [0.25, 0.3) is 0 Å². The summed E-state index contributed by atoms with van der Waals surface area (Å²) in [5, 5.41) is 22.6. The van der Waals surface area contributed by atoms with Gasteiger partial charge in [-0.15, -0.1) is 10.1 Å². The molecule has 0 saturated carbocycles. The van der Waals surface area contributed by atoms with Crippen molar-refractivity contribution < 1.29 is 15.4 Å². The maximum absolute atomic E-state index is 9.00. The molecule has 0 bridgehead atoms. The van der Waals surface area contributed by atoms with Gasteiger partial charge in [0, 0.05) is 26.0 Å². The molecule has 1 aliphatic rings. The molecule has 0 spiro atoms. The summed E-state index contributed by atoms with van der Waals surface area (Å²) in [6.07, 6.45) is 3.76. The van der Waals surface area contributed by atoms with Gasteiger partial charge in [-0.3, -0.25) is 0 Å². The maximum Gasteiger partial charge on any atom is 0.291 e. The van der Waals surface area contributed by atoms with E-state index in [1.54, 1.807) is 6.92 Å².